The molecule has 0 saturated heterocycles. The summed E-state index contributed by atoms with van der Waals surface area (Å²) in [7, 11) is 2.90. The molecule has 18 heavy (non-hydrogen) atoms. The fraction of sp³-hybridized carbons (Fsp3) is 0.643. The lowest BCUT2D eigenvalue weighted by atomic mass is 9.71. The summed E-state index contributed by atoms with van der Waals surface area (Å²) in [4.78, 5) is 11.6. The molecule has 4 heteroatoms. The number of hydrogen-bond donors (Lipinski definition) is 1. The Morgan fingerprint density at radius 3 is 2.67 bits per heavy atom. The van der Waals surface area contributed by atoms with E-state index in [1.807, 2.05) is 19.1 Å². The van der Waals surface area contributed by atoms with Gasteiger partial charge in [0.2, 0.25) is 0 Å². The Morgan fingerprint density at radius 2 is 2.17 bits per heavy atom. The number of carbonyl (C=O) groups is 1. The van der Waals surface area contributed by atoms with Crippen LogP contribution in [0.25, 0.3) is 0 Å². The lowest BCUT2D eigenvalue weighted by molar-refractivity contribution is -0.143. The predicted octanol–water partition coefficient (Wildman–Crippen LogP) is 1.80. The van der Waals surface area contributed by atoms with Gasteiger partial charge in [-0.3, -0.25) is 4.79 Å². The van der Waals surface area contributed by atoms with Gasteiger partial charge in [-0.05, 0) is 32.3 Å². The molecule has 0 aliphatic heterocycles. The van der Waals surface area contributed by atoms with Crippen molar-refractivity contribution < 1.29 is 19.4 Å². The molecule has 3 unspecified atom stereocenters. The van der Waals surface area contributed by atoms with E-state index >= 15 is 0 Å². The summed E-state index contributed by atoms with van der Waals surface area (Å²) in [5.41, 5.74) is -1.20. The molecule has 1 fully saturated rings. The zero-order valence-electron chi connectivity index (χ0n) is 11.1. The fourth-order valence-electron chi connectivity index (χ4n) is 2.98. The Hall–Kier alpha value is -1.29. The minimum Gasteiger partial charge on any atom is -0.500 e. The Bertz CT molecular complexity index is 408. The van der Waals surface area contributed by atoms with Crippen molar-refractivity contribution in [2.45, 2.75) is 31.8 Å². The van der Waals surface area contributed by atoms with Gasteiger partial charge >= 0.3 is 5.97 Å². The van der Waals surface area contributed by atoms with Crippen molar-refractivity contribution in [3.05, 3.63) is 24.0 Å². The maximum absolute atomic E-state index is 11.6. The topological polar surface area (TPSA) is 55.8 Å². The number of carbonyl (C=O) groups excluding carboxylic acids is 1. The summed E-state index contributed by atoms with van der Waals surface area (Å²) in [6.07, 6.45) is 8.20. The summed E-state index contributed by atoms with van der Waals surface area (Å²) in [6, 6.07) is 0. The molecule has 2 rings (SSSR count). The van der Waals surface area contributed by atoms with Crippen LogP contribution in [0.1, 0.15) is 26.2 Å². The Labute approximate surface area is 107 Å². The molecule has 0 radical (unpaired) electrons. The van der Waals surface area contributed by atoms with Gasteiger partial charge in [0.25, 0.3) is 0 Å². The van der Waals surface area contributed by atoms with Crippen molar-refractivity contribution in [3.63, 3.8) is 0 Å². The van der Waals surface area contributed by atoms with E-state index in [2.05, 4.69) is 0 Å². The van der Waals surface area contributed by atoms with E-state index < -0.39 is 16.9 Å². The van der Waals surface area contributed by atoms with E-state index in [9.17, 15) is 9.90 Å². The summed E-state index contributed by atoms with van der Waals surface area (Å²) in [5.74, 6) is -0.277. The second kappa shape index (κ2) is 4.43. The lowest BCUT2D eigenvalue weighted by Crippen LogP contribution is -2.40. The summed E-state index contributed by atoms with van der Waals surface area (Å²) < 4.78 is 10.1. The molecule has 2 aliphatic carbocycles. The number of esters is 1. The highest BCUT2D eigenvalue weighted by Crippen LogP contribution is 2.51. The molecule has 4 nitrogen and oxygen atoms in total. The van der Waals surface area contributed by atoms with Crippen LogP contribution in [0.15, 0.2) is 24.0 Å². The van der Waals surface area contributed by atoms with Crippen LogP contribution in [-0.4, -0.2) is 30.9 Å². The molecule has 2 aliphatic rings. The Kier molecular flexibility index (Phi) is 3.23. The maximum atomic E-state index is 11.6. The SMILES string of the molecule is COC(=O)C1C=CC2(C=C1OC)CCCC2(C)O. The zero-order chi connectivity index (χ0) is 13.4. The number of methoxy groups -OCH3 is 2. The molecular formula is C14H20O4. The fourth-order valence-corrected chi connectivity index (χ4v) is 2.98. The van der Waals surface area contributed by atoms with Crippen molar-refractivity contribution in [2.75, 3.05) is 14.2 Å². The van der Waals surface area contributed by atoms with Crippen molar-refractivity contribution in [1.29, 1.82) is 0 Å². The molecule has 0 aromatic rings. The predicted molar refractivity (Wildman–Crippen MR) is 66.6 cm³/mol. The van der Waals surface area contributed by atoms with E-state index in [-0.39, 0.29) is 5.97 Å². The van der Waals surface area contributed by atoms with E-state index in [0.717, 1.165) is 19.3 Å². The van der Waals surface area contributed by atoms with Crippen molar-refractivity contribution in [2.24, 2.45) is 11.3 Å². The molecule has 1 saturated carbocycles. The molecule has 0 aromatic carbocycles. The highest BCUT2D eigenvalue weighted by Gasteiger charge is 2.50. The van der Waals surface area contributed by atoms with Crippen LogP contribution < -0.4 is 0 Å². The Balaban J connectivity index is 2.35. The summed E-state index contributed by atoms with van der Waals surface area (Å²) >= 11 is 0. The summed E-state index contributed by atoms with van der Waals surface area (Å²) in [6.45, 7) is 1.84. The first-order chi connectivity index (χ1) is 8.46. The average molecular weight is 252 g/mol. The van der Waals surface area contributed by atoms with Crippen LogP contribution in [0.4, 0.5) is 0 Å². The van der Waals surface area contributed by atoms with E-state index in [1.165, 1.54) is 14.2 Å². The van der Waals surface area contributed by atoms with E-state index in [0.29, 0.717) is 5.76 Å². The number of aliphatic hydroxyl groups is 1. The van der Waals surface area contributed by atoms with Gasteiger partial charge in [0.1, 0.15) is 11.7 Å². The zero-order valence-corrected chi connectivity index (χ0v) is 11.1. The van der Waals surface area contributed by atoms with Gasteiger partial charge in [0, 0.05) is 5.41 Å². The van der Waals surface area contributed by atoms with Gasteiger partial charge in [0.15, 0.2) is 0 Å². The van der Waals surface area contributed by atoms with Crippen LogP contribution >= 0.6 is 0 Å². The van der Waals surface area contributed by atoms with Crippen LogP contribution in [0, 0.1) is 11.3 Å². The van der Waals surface area contributed by atoms with Crippen molar-refractivity contribution in [3.8, 4) is 0 Å². The third-order valence-electron chi connectivity index (χ3n) is 4.24. The van der Waals surface area contributed by atoms with Gasteiger partial charge < -0.3 is 14.6 Å². The molecule has 1 N–H and O–H groups in total. The molecule has 100 valence electrons. The molecule has 3 atom stereocenters. The van der Waals surface area contributed by atoms with Gasteiger partial charge in [-0.2, -0.15) is 0 Å². The minimum absolute atomic E-state index is 0.341. The molecular weight excluding hydrogens is 232 g/mol. The molecule has 0 aromatic heterocycles. The van der Waals surface area contributed by atoms with Gasteiger partial charge in [-0.1, -0.05) is 12.2 Å². The normalized spacial score (nSPS) is 38.7. The van der Waals surface area contributed by atoms with Gasteiger partial charge in [-0.15, -0.1) is 0 Å². The first-order valence-electron chi connectivity index (χ1n) is 6.22. The van der Waals surface area contributed by atoms with Gasteiger partial charge in [0.05, 0.1) is 19.8 Å². The molecule has 0 bridgehead atoms. The van der Waals surface area contributed by atoms with E-state index in [1.54, 1.807) is 6.08 Å². The standard InChI is InChI=1S/C14H20O4/c1-13(16)6-4-7-14(13)8-5-10(12(15)18-3)11(9-14)17-2/h5,8-10,16H,4,6-7H2,1-3H3. The molecule has 1 spiro atoms. The second-order valence-electron chi connectivity index (χ2n) is 5.28. The smallest absolute Gasteiger partial charge is 0.320 e. The highest BCUT2D eigenvalue weighted by molar-refractivity contribution is 5.78. The monoisotopic (exact) mass is 252 g/mol. The van der Waals surface area contributed by atoms with Crippen molar-refractivity contribution in [1.82, 2.24) is 0 Å². The third kappa shape index (κ3) is 1.85. The van der Waals surface area contributed by atoms with Crippen LogP contribution in [0.3, 0.4) is 0 Å². The quantitative estimate of drug-likeness (QED) is 0.601. The first-order valence-corrected chi connectivity index (χ1v) is 6.22. The van der Waals surface area contributed by atoms with Crippen LogP contribution in [-0.2, 0) is 14.3 Å². The van der Waals surface area contributed by atoms with Crippen LogP contribution in [0.2, 0.25) is 0 Å². The summed E-state index contributed by atoms with van der Waals surface area (Å²) in [5, 5.41) is 10.5. The lowest BCUT2D eigenvalue weighted by Gasteiger charge is -2.38. The second-order valence-corrected chi connectivity index (χ2v) is 5.28. The van der Waals surface area contributed by atoms with Crippen molar-refractivity contribution >= 4 is 5.97 Å². The molecule has 0 amide bonds. The number of ether oxygens (including phenoxy) is 2. The molecule has 0 heterocycles. The highest BCUT2D eigenvalue weighted by atomic mass is 16.5. The Morgan fingerprint density at radius 1 is 1.44 bits per heavy atom. The third-order valence-corrected chi connectivity index (χ3v) is 4.24. The van der Waals surface area contributed by atoms with E-state index in [4.69, 9.17) is 9.47 Å². The number of hydrogen-bond acceptors (Lipinski definition) is 4. The average Bonchev–Trinajstić information content (AvgIpc) is 2.63. The minimum atomic E-state index is -0.783. The first kappa shape index (κ1) is 13.1. The number of rotatable bonds is 2. The maximum Gasteiger partial charge on any atom is 0.320 e. The largest absolute Gasteiger partial charge is 0.500 e. The van der Waals surface area contributed by atoms with Gasteiger partial charge in [-0.25, -0.2) is 0 Å². The van der Waals surface area contributed by atoms with Crippen LogP contribution in [0.5, 0.6) is 0 Å².